The van der Waals surface area contributed by atoms with E-state index in [0.29, 0.717) is 0 Å². The van der Waals surface area contributed by atoms with Crippen LogP contribution in [0.2, 0.25) is 0 Å². The van der Waals surface area contributed by atoms with Crippen molar-refractivity contribution < 1.29 is 0 Å². The second-order valence-electron chi connectivity index (χ2n) is 4.53. The number of aromatic nitrogens is 2. The van der Waals surface area contributed by atoms with Gasteiger partial charge in [-0.3, -0.25) is 0 Å². The van der Waals surface area contributed by atoms with Crippen LogP contribution in [0.15, 0.2) is 6.33 Å². The van der Waals surface area contributed by atoms with Crippen LogP contribution in [0, 0.1) is 0 Å². The third kappa shape index (κ3) is 2.68. The summed E-state index contributed by atoms with van der Waals surface area (Å²) in [6.07, 6.45) is 7.90. The summed E-state index contributed by atoms with van der Waals surface area (Å²) in [6.45, 7) is 4.43. The molecule has 1 aromatic rings. The lowest BCUT2D eigenvalue weighted by atomic mass is 10.2. The number of nitrogens with zero attached hydrogens (tertiary/aromatic N) is 3. The van der Waals surface area contributed by atoms with Gasteiger partial charge in [0.25, 0.3) is 0 Å². The van der Waals surface area contributed by atoms with E-state index in [1.54, 1.807) is 6.33 Å². The van der Waals surface area contributed by atoms with E-state index in [4.69, 9.17) is 0 Å². The maximum Gasteiger partial charge on any atom is 0.137 e. The first-order chi connectivity index (χ1) is 8.36. The summed E-state index contributed by atoms with van der Waals surface area (Å²) < 4.78 is 0. The van der Waals surface area contributed by atoms with Gasteiger partial charge in [0, 0.05) is 25.7 Å². The van der Waals surface area contributed by atoms with Crippen molar-refractivity contribution >= 4 is 11.6 Å². The minimum Gasteiger partial charge on any atom is -0.373 e. The van der Waals surface area contributed by atoms with Crippen molar-refractivity contribution in [3.63, 3.8) is 0 Å². The molecular weight excluding hydrogens is 212 g/mol. The first-order valence-corrected chi connectivity index (χ1v) is 6.63. The maximum atomic E-state index is 4.50. The largest absolute Gasteiger partial charge is 0.373 e. The Balaban J connectivity index is 2.29. The van der Waals surface area contributed by atoms with E-state index in [1.807, 2.05) is 7.05 Å². The van der Waals surface area contributed by atoms with Crippen molar-refractivity contribution in [3.8, 4) is 0 Å². The molecule has 2 heterocycles. The van der Waals surface area contributed by atoms with Crippen LogP contribution in [-0.4, -0.2) is 30.1 Å². The lowest BCUT2D eigenvalue weighted by Crippen LogP contribution is -2.26. The third-order valence-electron chi connectivity index (χ3n) is 3.42. The normalized spacial score (nSPS) is 16.7. The lowest BCUT2D eigenvalue weighted by Gasteiger charge is -2.24. The van der Waals surface area contributed by atoms with Gasteiger partial charge >= 0.3 is 0 Å². The molecule has 1 fully saturated rings. The molecule has 0 amide bonds. The Morgan fingerprint density at radius 3 is 2.47 bits per heavy atom. The number of hydrogen-bond acceptors (Lipinski definition) is 4. The van der Waals surface area contributed by atoms with Gasteiger partial charge in [0.2, 0.25) is 0 Å². The zero-order valence-electron chi connectivity index (χ0n) is 10.9. The molecule has 17 heavy (non-hydrogen) atoms. The second-order valence-corrected chi connectivity index (χ2v) is 4.53. The Bertz CT molecular complexity index is 356. The molecule has 1 N–H and O–H groups in total. The average Bonchev–Trinajstić information content (AvgIpc) is 2.66. The van der Waals surface area contributed by atoms with Crippen molar-refractivity contribution in [1.82, 2.24) is 9.97 Å². The minimum atomic E-state index is 0.974. The zero-order chi connectivity index (χ0) is 12.1. The molecule has 0 aliphatic carbocycles. The van der Waals surface area contributed by atoms with Gasteiger partial charge in [0.05, 0.1) is 0 Å². The van der Waals surface area contributed by atoms with Crippen LogP contribution in [0.1, 0.15) is 38.2 Å². The summed E-state index contributed by atoms with van der Waals surface area (Å²) in [5, 5.41) is 3.16. The summed E-state index contributed by atoms with van der Waals surface area (Å²) in [5.41, 5.74) is 1.25. The van der Waals surface area contributed by atoms with Gasteiger partial charge in [-0.1, -0.05) is 19.8 Å². The SMILES string of the molecule is CCc1c(NC)ncnc1N1CCCCCC1. The Kier molecular flexibility index (Phi) is 4.18. The van der Waals surface area contributed by atoms with E-state index in [1.165, 1.54) is 31.2 Å². The standard InChI is InChI=1S/C13H22N4/c1-3-11-12(14-2)15-10-16-13(11)17-8-6-4-5-7-9-17/h10H,3-9H2,1-2H3,(H,14,15,16). The van der Waals surface area contributed by atoms with Gasteiger partial charge in [-0.15, -0.1) is 0 Å². The summed E-state index contributed by atoms with van der Waals surface area (Å²) in [6, 6.07) is 0. The highest BCUT2D eigenvalue weighted by molar-refractivity contribution is 5.58. The fraction of sp³-hybridized carbons (Fsp3) is 0.692. The quantitative estimate of drug-likeness (QED) is 0.872. The molecule has 0 atom stereocenters. The smallest absolute Gasteiger partial charge is 0.137 e. The van der Waals surface area contributed by atoms with E-state index in [2.05, 4.69) is 27.1 Å². The van der Waals surface area contributed by atoms with Crippen molar-refractivity contribution in [2.45, 2.75) is 39.0 Å². The molecule has 4 heteroatoms. The number of hydrogen-bond donors (Lipinski definition) is 1. The monoisotopic (exact) mass is 234 g/mol. The zero-order valence-corrected chi connectivity index (χ0v) is 10.9. The molecule has 2 rings (SSSR count). The van der Waals surface area contributed by atoms with Crippen LogP contribution < -0.4 is 10.2 Å². The van der Waals surface area contributed by atoms with Crippen molar-refractivity contribution in [2.24, 2.45) is 0 Å². The maximum absolute atomic E-state index is 4.50. The number of nitrogens with one attached hydrogen (secondary N) is 1. The van der Waals surface area contributed by atoms with Gasteiger partial charge < -0.3 is 10.2 Å². The Hall–Kier alpha value is -1.32. The number of anilines is 2. The van der Waals surface area contributed by atoms with Gasteiger partial charge in [-0.05, 0) is 19.3 Å². The predicted octanol–water partition coefficient (Wildman–Crippen LogP) is 2.46. The molecule has 0 radical (unpaired) electrons. The highest BCUT2D eigenvalue weighted by Crippen LogP contribution is 2.25. The summed E-state index contributed by atoms with van der Waals surface area (Å²) in [4.78, 5) is 11.2. The highest BCUT2D eigenvalue weighted by Gasteiger charge is 2.16. The molecule has 0 spiro atoms. The van der Waals surface area contributed by atoms with Crippen LogP contribution in [0.4, 0.5) is 11.6 Å². The minimum absolute atomic E-state index is 0.974. The first-order valence-electron chi connectivity index (χ1n) is 6.63. The molecule has 94 valence electrons. The van der Waals surface area contributed by atoms with E-state index < -0.39 is 0 Å². The second kappa shape index (κ2) is 5.84. The summed E-state index contributed by atoms with van der Waals surface area (Å²) >= 11 is 0. The highest BCUT2D eigenvalue weighted by atomic mass is 15.2. The van der Waals surface area contributed by atoms with E-state index in [0.717, 1.165) is 31.1 Å². The van der Waals surface area contributed by atoms with E-state index in [9.17, 15) is 0 Å². The first kappa shape index (κ1) is 12.1. The fourth-order valence-electron chi connectivity index (χ4n) is 2.50. The van der Waals surface area contributed by atoms with Crippen LogP contribution in [0.5, 0.6) is 0 Å². The van der Waals surface area contributed by atoms with Crippen LogP contribution in [0.25, 0.3) is 0 Å². The summed E-state index contributed by atoms with van der Waals surface area (Å²) in [7, 11) is 1.92. The van der Waals surface area contributed by atoms with Crippen LogP contribution >= 0.6 is 0 Å². The Morgan fingerprint density at radius 2 is 1.88 bits per heavy atom. The van der Waals surface area contributed by atoms with E-state index >= 15 is 0 Å². The Morgan fingerprint density at radius 1 is 1.18 bits per heavy atom. The number of rotatable bonds is 3. The Labute approximate surface area is 103 Å². The molecular formula is C13H22N4. The fourth-order valence-corrected chi connectivity index (χ4v) is 2.50. The third-order valence-corrected chi connectivity index (χ3v) is 3.42. The predicted molar refractivity (Wildman–Crippen MR) is 71.6 cm³/mol. The van der Waals surface area contributed by atoms with Crippen molar-refractivity contribution in [1.29, 1.82) is 0 Å². The molecule has 1 aliphatic rings. The summed E-state index contributed by atoms with van der Waals surface area (Å²) in [5.74, 6) is 2.11. The van der Waals surface area contributed by atoms with Crippen LogP contribution in [-0.2, 0) is 6.42 Å². The molecule has 1 saturated heterocycles. The van der Waals surface area contributed by atoms with Gasteiger partial charge in [-0.25, -0.2) is 9.97 Å². The molecule has 0 aromatic carbocycles. The average molecular weight is 234 g/mol. The molecule has 0 saturated carbocycles. The molecule has 1 aliphatic heterocycles. The molecule has 1 aromatic heterocycles. The molecule has 0 bridgehead atoms. The molecule has 4 nitrogen and oxygen atoms in total. The topological polar surface area (TPSA) is 41.1 Å². The van der Waals surface area contributed by atoms with E-state index in [-0.39, 0.29) is 0 Å². The van der Waals surface area contributed by atoms with Gasteiger partial charge in [-0.2, -0.15) is 0 Å². The van der Waals surface area contributed by atoms with Crippen LogP contribution in [0.3, 0.4) is 0 Å². The van der Waals surface area contributed by atoms with Gasteiger partial charge in [0.15, 0.2) is 0 Å². The van der Waals surface area contributed by atoms with Gasteiger partial charge in [0.1, 0.15) is 18.0 Å². The molecule has 0 unspecified atom stereocenters. The van der Waals surface area contributed by atoms with Crippen molar-refractivity contribution in [2.75, 3.05) is 30.4 Å². The lowest BCUT2D eigenvalue weighted by molar-refractivity contribution is 0.726. The van der Waals surface area contributed by atoms with Crippen molar-refractivity contribution in [3.05, 3.63) is 11.9 Å².